The minimum atomic E-state index is -5.01. The van der Waals surface area contributed by atoms with Gasteiger partial charge in [0.1, 0.15) is 6.61 Å². The summed E-state index contributed by atoms with van der Waals surface area (Å²) in [6, 6.07) is 6.01. The molecule has 2 aromatic carbocycles. The molecule has 0 saturated carbocycles. The van der Waals surface area contributed by atoms with Crippen LogP contribution in [0, 0.1) is 0 Å². The van der Waals surface area contributed by atoms with E-state index >= 15 is 0 Å². The molecule has 2 saturated heterocycles. The third-order valence-corrected chi connectivity index (χ3v) is 8.39. The van der Waals surface area contributed by atoms with Crippen molar-refractivity contribution in [1.82, 2.24) is 9.80 Å². The van der Waals surface area contributed by atoms with Gasteiger partial charge in [0, 0.05) is 44.9 Å². The van der Waals surface area contributed by atoms with E-state index in [0.717, 1.165) is 58.2 Å². The van der Waals surface area contributed by atoms with Crippen molar-refractivity contribution in [2.45, 2.75) is 37.9 Å². The molecule has 0 bridgehead atoms. The normalized spacial score (nSPS) is 21.0. The molecule has 43 heavy (non-hydrogen) atoms. The fraction of sp³-hybridized carbons (Fsp3) is 0.448. The molecular weight excluding hydrogens is 600 g/mol. The highest BCUT2D eigenvalue weighted by molar-refractivity contribution is 8.18. The Bertz CT molecular complexity index is 1400. The van der Waals surface area contributed by atoms with E-state index in [4.69, 9.17) is 14.2 Å². The highest BCUT2D eigenvalue weighted by Gasteiger charge is 2.38. The number of methoxy groups -OCH3 is 1. The summed E-state index contributed by atoms with van der Waals surface area (Å²) in [6.45, 7) is 4.28. The summed E-state index contributed by atoms with van der Waals surface area (Å²) >= 11 is 1.27. The lowest BCUT2D eigenvalue weighted by Gasteiger charge is -2.36. The Balaban J connectivity index is 1.22. The summed E-state index contributed by atoms with van der Waals surface area (Å²) in [6.07, 6.45) is -5.82. The predicted octanol–water partition coefficient (Wildman–Crippen LogP) is 6.08. The van der Waals surface area contributed by atoms with Crippen molar-refractivity contribution in [3.63, 3.8) is 0 Å². The summed E-state index contributed by atoms with van der Waals surface area (Å²) in [5, 5.41) is 0.636. The van der Waals surface area contributed by atoms with Crippen molar-refractivity contribution in [1.29, 1.82) is 0 Å². The summed E-state index contributed by atoms with van der Waals surface area (Å²) in [7, 11) is 1.34. The first-order chi connectivity index (χ1) is 20.4. The predicted molar refractivity (Wildman–Crippen MR) is 149 cm³/mol. The van der Waals surface area contributed by atoms with Gasteiger partial charge < -0.3 is 19.1 Å². The fourth-order valence-electron chi connectivity index (χ4n) is 5.07. The Morgan fingerprint density at radius 2 is 1.79 bits per heavy atom. The summed E-state index contributed by atoms with van der Waals surface area (Å²) in [5.74, 6) is -0.113. The van der Waals surface area contributed by atoms with E-state index in [1.165, 1.54) is 24.9 Å². The van der Waals surface area contributed by atoms with Gasteiger partial charge in [0.15, 0.2) is 16.7 Å². The molecule has 0 spiro atoms. The maximum absolute atomic E-state index is 13.5. The molecule has 232 valence electrons. The first-order valence-corrected chi connectivity index (χ1v) is 14.4. The van der Waals surface area contributed by atoms with E-state index in [1.54, 1.807) is 18.2 Å². The molecule has 5 rings (SSSR count). The highest BCUT2D eigenvalue weighted by atomic mass is 32.2. The van der Waals surface area contributed by atoms with Crippen LogP contribution >= 0.6 is 11.8 Å². The van der Waals surface area contributed by atoms with Crippen LogP contribution in [0.5, 0.6) is 11.5 Å². The standard InChI is InChI=1S/C29H29F6N3O4S/c1-40-24-13-18(4-7-23(24)42-17-19-5-6-20(28(30,31)32)15-22(19)29(33,34)35)14-25-26(39)36-27(43-25)38-10-8-37(9-11-38)16-21-3-2-12-41-21/h4-7,13-15,21H,2-3,8-12,16-17H2,1H3/b25-14+. The van der Waals surface area contributed by atoms with Gasteiger partial charge in [-0.25, -0.2) is 0 Å². The molecule has 3 aliphatic heterocycles. The Kier molecular flexibility index (Phi) is 9.28. The van der Waals surface area contributed by atoms with Crippen LogP contribution in [0.15, 0.2) is 46.3 Å². The lowest BCUT2D eigenvalue weighted by atomic mass is 10.0. The molecule has 0 N–H and O–H groups in total. The maximum Gasteiger partial charge on any atom is 0.416 e. The number of amides is 1. The maximum atomic E-state index is 13.5. The van der Waals surface area contributed by atoms with Gasteiger partial charge in [0.25, 0.3) is 5.91 Å². The van der Waals surface area contributed by atoms with E-state index in [-0.39, 0.29) is 29.6 Å². The van der Waals surface area contributed by atoms with Gasteiger partial charge >= 0.3 is 12.4 Å². The summed E-state index contributed by atoms with van der Waals surface area (Å²) in [5.41, 5.74) is -2.72. The summed E-state index contributed by atoms with van der Waals surface area (Å²) in [4.78, 5) is 21.7. The molecule has 1 atom stereocenters. The van der Waals surface area contributed by atoms with Crippen molar-refractivity contribution < 1.29 is 45.3 Å². The number of carbonyl (C=O) groups excluding carboxylic acids is 1. The second-order valence-corrected chi connectivity index (χ2v) is 11.3. The Labute approximate surface area is 248 Å². The third-order valence-electron chi connectivity index (χ3n) is 7.35. The lowest BCUT2D eigenvalue weighted by Crippen LogP contribution is -2.49. The van der Waals surface area contributed by atoms with Gasteiger partial charge in [-0.2, -0.15) is 31.3 Å². The number of thioether (sulfide) groups is 1. The zero-order valence-corrected chi connectivity index (χ0v) is 23.9. The van der Waals surface area contributed by atoms with Crippen LogP contribution in [0.3, 0.4) is 0 Å². The summed E-state index contributed by atoms with van der Waals surface area (Å²) < 4.78 is 96.0. The SMILES string of the molecule is COc1cc(/C=C2/SC(N3CCN(CC4CCCO4)CC3)=NC2=O)ccc1OCc1ccc(C(F)(F)F)cc1C(F)(F)F. The Morgan fingerprint density at radius 1 is 1.02 bits per heavy atom. The molecule has 7 nitrogen and oxygen atoms in total. The van der Waals surface area contributed by atoms with Gasteiger partial charge in [-0.05, 0) is 60.5 Å². The second kappa shape index (κ2) is 12.8. The van der Waals surface area contributed by atoms with Gasteiger partial charge in [-0.3, -0.25) is 9.69 Å². The smallest absolute Gasteiger partial charge is 0.416 e. The van der Waals surface area contributed by atoms with E-state index < -0.39 is 35.6 Å². The molecule has 0 aromatic heterocycles. The van der Waals surface area contributed by atoms with Crippen molar-refractivity contribution in [3.8, 4) is 11.5 Å². The van der Waals surface area contributed by atoms with Crippen LogP contribution in [-0.4, -0.2) is 73.4 Å². The van der Waals surface area contributed by atoms with Crippen molar-refractivity contribution in [3.05, 3.63) is 63.6 Å². The topological polar surface area (TPSA) is 63.6 Å². The number of halogens is 6. The average molecular weight is 630 g/mol. The molecule has 0 aliphatic carbocycles. The molecular formula is C29H29F6N3O4S. The van der Waals surface area contributed by atoms with Crippen LogP contribution in [0.1, 0.15) is 35.1 Å². The molecule has 2 aromatic rings. The molecule has 3 heterocycles. The van der Waals surface area contributed by atoms with E-state index in [2.05, 4.69) is 14.8 Å². The largest absolute Gasteiger partial charge is 0.493 e. The zero-order chi connectivity index (χ0) is 30.8. The fourth-order valence-corrected chi connectivity index (χ4v) is 6.04. The molecule has 14 heteroatoms. The number of benzene rings is 2. The van der Waals surface area contributed by atoms with Crippen LogP contribution in [0.2, 0.25) is 0 Å². The van der Waals surface area contributed by atoms with Crippen LogP contribution in [-0.2, 0) is 28.5 Å². The number of alkyl halides is 6. The van der Waals surface area contributed by atoms with Crippen molar-refractivity contribution >= 4 is 28.9 Å². The van der Waals surface area contributed by atoms with E-state index in [0.29, 0.717) is 21.7 Å². The molecule has 1 unspecified atom stereocenters. The number of hydrogen-bond donors (Lipinski definition) is 0. The van der Waals surface area contributed by atoms with Gasteiger partial charge in [0.05, 0.1) is 29.2 Å². The van der Waals surface area contributed by atoms with Crippen LogP contribution in [0.4, 0.5) is 26.3 Å². The van der Waals surface area contributed by atoms with E-state index in [1.807, 2.05) is 0 Å². The second-order valence-electron chi connectivity index (χ2n) is 10.3. The Hall–Kier alpha value is -3.23. The minimum Gasteiger partial charge on any atom is -0.493 e. The molecule has 2 fully saturated rings. The van der Waals surface area contributed by atoms with Gasteiger partial charge in [-0.1, -0.05) is 12.1 Å². The number of hydrogen-bond acceptors (Lipinski definition) is 7. The number of rotatable bonds is 7. The van der Waals surface area contributed by atoms with E-state index in [9.17, 15) is 31.1 Å². The quantitative estimate of drug-likeness (QED) is 0.272. The number of ether oxygens (including phenoxy) is 3. The first-order valence-electron chi connectivity index (χ1n) is 13.6. The van der Waals surface area contributed by atoms with Crippen molar-refractivity contribution in [2.75, 3.05) is 46.4 Å². The van der Waals surface area contributed by atoms with Gasteiger partial charge in [0.2, 0.25) is 0 Å². The van der Waals surface area contributed by atoms with Crippen LogP contribution in [0.25, 0.3) is 6.08 Å². The average Bonchev–Trinajstić information content (AvgIpc) is 3.61. The zero-order valence-electron chi connectivity index (χ0n) is 23.1. The van der Waals surface area contributed by atoms with Gasteiger partial charge in [-0.15, -0.1) is 0 Å². The highest BCUT2D eigenvalue weighted by Crippen LogP contribution is 2.39. The third kappa shape index (κ3) is 7.65. The van der Waals surface area contributed by atoms with Crippen LogP contribution < -0.4 is 9.47 Å². The number of amidine groups is 1. The number of nitrogens with zero attached hydrogens (tertiary/aromatic N) is 3. The number of aliphatic imine (C=N–C) groups is 1. The number of carbonyl (C=O) groups is 1. The van der Waals surface area contributed by atoms with Crippen molar-refractivity contribution in [2.24, 2.45) is 4.99 Å². The first kappa shape index (κ1) is 31.2. The molecule has 1 amide bonds. The monoisotopic (exact) mass is 629 g/mol. The Morgan fingerprint density at radius 3 is 2.44 bits per heavy atom. The molecule has 0 radical (unpaired) electrons. The number of piperazine rings is 1. The minimum absolute atomic E-state index is 0.0726. The molecule has 3 aliphatic rings. The lowest BCUT2D eigenvalue weighted by molar-refractivity contribution is -0.143.